The van der Waals surface area contributed by atoms with Crippen LogP contribution in [0.3, 0.4) is 0 Å². The van der Waals surface area contributed by atoms with E-state index in [-0.39, 0.29) is 18.4 Å². The van der Waals surface area contributed by atoms with Gasteiger partial charge in [0.1, 0.15) is 5.56 Å². The van der Waals surface area contributed by atoms with E-state index < -0.39 is 11.4 Å². The summed E-state index contributed by atoms with van der Waals surface area (Å²) in [4.78, 5) is 41.2. The number of rotatable bonds is 5. The fourth-order valence-electron chi connectivity index (χ4n) is 3.15. The zero-order valence-electron chi connectivity index (χ0n) is 17.7. The maximum absolute atomic E-state index is 12.1. The molecule has 0 unspecified atom stereocenters. The Labute approximate surface area is 215 Å². The van der Waals surface area contributed by atoms with Crippen LogP contribution in [0.4, 0.5) is 0 Å². The number of halogens is 2. The van der Waals surface area contributed by atoms with E-state index in [1.165, 1.54) is 11.8 Å². The molecule has 0 spiro atoms. The fourth-order valence-corrected chi connectivity index (χ4v) is 5.05. The molecule has 0 radical (unpaired) electrons. The number of benzene rings is 2. The van der Waals surface area contributed by atoms with Gasteiger partial charge in [-0.3, -0.25) is 9.59 Å². The average Bonchev–Trinajstić information content (AvgIpc) is 2.76. The van der Waals surface area contributed by atoms with Crippen molar-refractivity contribution in [3.05, 3.63) is 78.5 Å². The lowest BCUT2D eigenvalue weighted by Crippen LogP contribution is -2.18. The Balaban J connectivity index is 0.000000237. The van der Waals surface area contributed by atoms with Gasteiger partial charge in [-0.15, -0.1) is 23.5 Å². The minimum absolute atomic E-state index is 0. The summed E-state index contributed by atoms with van der Waals surface area (Å²) in [5.41, 5.74) is 0.487. The third-order valence-electron chi connectivity index (χ3n) is 4.54. The molecule has 4 rings (SSSR count). The molecule has 10 heteroatoms. The zero-order chi connectivity index (χ0) is 24.1. The molecule has 0 aliphatic carbocycles. The number of carboxylic acids is 1. The van der Waals surface area contributed by atoms with Crippen molar-refractivity contribution >= 4 is 74.5 Å². The van der Waals surface area contributed by atoms with E-state index in [1.807, 2.05) is 13.8 Å². The molecule has 34 heavy (non-hydrogen) atoms. The fraction of sp³-hybridized carbons (Fsp3) is 0.208. The molecule has 180 valence electrons. The van der Waals surface area contributed by atoms with E-state index >= 15 is 0 Å². The number of pyridine rings is 2. The van der Waals surface area contributed by atoms with Gasteiger partial charge >= 0.3 is 5.97 Å². The maximum Gasteiger partial charge on any atom is 0.342 e. The highest BCUT2D eigenvalue weighted by molar-refractivity contribution is 7.99. The molecule has 0 saturated heterocycles. The third-order valence-corrected chi connectivity index (χ3v) is 6.88. The van der Waals surface area contributed by atoms with Crippen LogP contribution in [0, 0.1) is 0 Å². The Hall–Kier alpha value is -2.39. The molecule has 6 nitrogen and oxygen atoms in total. The monoisotopic (exact) mass is 538 g/mol. The van der Waals surface area contributed by atoms with Crippen LogP contribution in [0.2, 0.25) is 10.0 Å². The Kier molecular flexibility index (Phi) is 10.1. The van der Waals surface area contributed by atoms with Gasteiger partial charge in [0.15, 0.2) is 5.43 Å². The lowest BCUT2D eigenvalue weighted by Gasteiger charge is -2.08. The van der Waals surface area contributed by atoms with Crippen LogP contribution >= 0.6 is 46.7 Å². The van der Waals surface area contributed by atoms with E-state index in [0.717, 1.165) is 16.3 Å². The van der Waals surface area contributed by atoms with Crippen LogP contribution in [-0.2, 0) is 0 Å². The first kappa shape index (κ1) is 27.9. The number of carbonyl (C=O) groups is 1. The van der Waals surface area contributed by atoms with Crippen molar-refractivity contribution in [2.45, 2.75) is 31.3 Å². The number of para-hydroxylation sites is 2. The molecule has 0 atom stereocenters. The van der Waals surface area contributed by atoms with Crippen molar-refractivity contribution in [1.29, 1.82) is 0 Å². The predicted octanol–water partition coefficient (Wildman–Crippen LogP) is 6.92. The molecule has 2 aromatic carbocycles. The number of aromatic carboxylic acids is 1. The van der Waals surface area contributed by atoms with Crippen LogP contribution in [0.1, 0.15) is 31.6 Å². The van der Waals surface area contributed by atoms with Crippen LogP contribution in [0.15, 0.2) is 62.1 Å². The summed E-state index contributed by atoms with van der Waals surface area (Å²) in [6.07, 6.45) is 0. The van der Waals surface area contributed by atoms with Crippen molar-refractivity contribution in [3.63, 3.8) is 0 Å². The highest BCUT2D eigenvalue weighted by atomic mass is 35.5. The number of hydrogen-bond donors (Lipinski definition) is 3. The lowest BCUT2D eigenvalue weighted by molar-refractivity contribution is 0.0691. The van der Waals surface area contributed by atoms with Crippen molar-refractivity contribution in [2.75, 3.05) is 11.5 Å². The van der Waals surface area contributed by atoms with Gasteiger partial charge in [0.05, 0.1) is 31.1 Å². The van der Waals surface area contributed by atoms with Crippen LogP contribution < -0.4 is 10.9 Å². The van der Waals surface area contributed by atoms with Gasteiger partial charge in [-0.25, -0.2) is 4.79 Å². The number of carboxylic acid groups (broad SMARTS) is 1. The van der Waals surface area contributed by atoms with Crippen molar-refractivity contribution < 1.29 is 9.90 Å². The first-order valence-electron chi connectivity index (χ1n) is 9.93. The van der Waals surface area contributed by atoms with E-state index in [1.54, 1.807) is 54.2 Å². The Morgan fingerprint density at radius 1 is 0.912 bits per heavy atom. The van der Waals surface area contributed by atoms with Crippen molar-refractivity contribution in [3.8, 4) is 0 Å². The number of H-pyrrole nitrogens is 2. The van der Waals surface area contributed by atoms with Crippen LogP contribution in [-0.4, -0.2) is 32.5 Å². The first-order chi connectivity index (χ1) is 15.8. The Bertz CT molecular complexity index is 1450. The lowest BCUT2D eigenvalue weighted by atomic mass is 10.1. The molecule has 2 aromatic heterocycles. The van der Waals surface area contributed by atoms with Gasteiger partial charge < -0.3 is 15.1 Å². The number of aromatic nitrogens is 2. The summed E-state index contributed by atoms with van der Waals surface area (Å²) < 4.78 is 0. The molecule has 0 amide bonds. The summed E-state index contributed by atoms with van der Waals surface area (Å²) in [5.74, 6) is 0.354. The molecule has 2 heterocycles. The SMILES string of the molecule is C.CCSc1[nH]c2c(Cl)cccc2c(=O)c1C(=O)O.CCSc1cc(=O)c2cccc(Cl)c2[nH]1. The second-order valence-corrected chi connectivity index (χ2v) is 10.0. The molecule has 0 fully saturated rings. The molecule has 3 N–H and O–H groups in total. The maximum atomic E-state index is 12.1. The van der Waals surface area contributed by atoms with E-state index in [4.69, 9.17) is 28.3 Å². The van der Waals surface area contributed by atoms with Crippen LogP contribution in [0.5, 0.6) is 0 Å². The predicted molar refractivity (Wildman–Crippen MR) is 146 cm³/mol. The molecule has 0 aliphatic heterocycles. The molecule has 4 aromatic rings. The van der Waals surface area contributed by atoms with Gasteiger partial charge in [0.25, 0.3) is 0 Å². The number of aromatic amines is 2. The molecular formula is C24H24Cl2N2O4S2. The second-order valence-electron chi connectivity index (χ2n) is 6.65. The molecule has 0 bridgehead atoms. The van der Waals surface area contributed by atoms with Crippen LogP contribution in [0.25, 0.3) is 21.8 Å². The first-order valence-corrected chi connectivity index (χ1v) is 12.7. The summed E-state index contributed by atoms with van der Waals surface area (Å²) in [6, 6.07) is 11.8. The smallest absolute Gasteiger partial charge is 0.342 e. The zero-order valence-corrected chi connectivity index (χ0v) is 20.8. The summed E-state index contributed by atoms with van der Waals surface area (Å²) in [5, 5.41) is 12.3. The van der Waals surface area contributed by atoms with Gasteiger partial charge in [0, 0.05) is 16.8 Å². The average molecular weight is 540 g/mol. The Morgan fingerprint density at radius 3 is 2.03 bits per heavy atom. The summed E-state index contributed by atoms with van der Waals surface area (Å²) in [6.45, 7) is 3.92. The van der Waals surface area contributed by atoms with Crippen molar-refractivity contribution in [2.24, 2.45) is 0 Å². The number of nitrogens with one attached hydrogen (secondary N) is 2. The van der Waals surface area contributed by atoms with Gasteiger partial charge in [-0.2, -0.15) is 0 Å². The minimum atomic E-state index is -1.23. The summed E-state index contributed by atoms with van der Waals surface area (Å²) >= 11 is 14.9. The van der Waals surface area contributed by atoms with Gasteiger partial charge in [0.2, 0.25) is 5.43 Å². The quantitative estimate of drug-likeness (QED) is 0.238. The number of fused-ring (bicyclic) bond motifs is 2. The largest absolute Gasteiger partial charge is 0.477 e. The second kappa shape index (κ2) is 12.4. The molecule has 0 aliphatic rings. The third kappa shape index (κ3) is 5.99. The summed E-state index contributed by atoms with van der Waals surface area (Å²) in [7, 11) is 0. The topological polar surface area (TPSA) is 103 Å². The highest BCUT2D eigenvalue weighted by Gasteiger charge is 2.19. The van der Waals surface area contributed by atoms with E-state index in [9.17, 15) is 14.4 Å². The number of hydrogen-bond acceptors (Lipinski definition) is 5. The van der Waals surface area contributed by atoms with Crippen molar-refractivity contribution in [1.82, 2.24) is 9.97 Å². The standard InChI is InChI=1S/C12H10ClNO3S.C11H10ClNOS.CH4/c1-2-18-11-8(12(16)17)10(15)6-4-3-5-7(13)9(6)14-11;1-2-15-10-6-9(14)7-4-3-5-8(12)11(7)13-10;/h3-5H,2H2,1H3,(H,14,15)(H,16,17);3-6H,2H2,1H3,(H,13,14);1H4. The van der Waals surface area contributed by atoms with Gasteiger partial charge in [-0.1, -0.05) is 56.6 Å². The normalized spacial score (nSPS) is 10.5. The molecule has 0 saturated carbocycles. The van der Waals surface area contributed by atoms with Gasteiger partial charge in [-0.05, 0) is 35.8 Å². The Morgan fingerprint density at radius 2 is 1.47 bits per heavy atom. The minimum Gasteiger partial charge on any atom is -0.477 e. The van der Waals surface area contributed by atoms with E-state index in [0.29, 0.717) is 37.1 Å². The number of thioether (sulfide) groups is 2. The van der Waals surface area contributed by atoms with E-state index in [2.05, 4.69) is 9.97 Å². The molecular weight excluding hydrogens is 515 g/mol. The highest BCUT2D eigenvalue weighted by Crippen LogP contribution is 2.25.